The van der Waals surface area contributed by atoms with Gasteiger partial charge in [0.25, 0.3) is 5.56 Å². The summed E-state index contributed by atoms with van der Waals surface area (Å²) in [6.45, 7) is 2.20. The third kappa shape index (κ3) is 3.38. The monoisotopic (exact) mass is 415 g/mol. The number of H-pyrrole nitrogens is 1. The van der Waals surface area contributed by atoms with Crippen LogP contribution in [0.25, 0.3) is 10.2 Å². The summed E-state index contributed by atoms with van der Waals surface area (Å²) in [5.41, 5.74) is 0.917. The lowest BCUT2D eigenvalue weighted by atomic mass is 9.89. The van der Waals surface area contributed by atoms with E-state index in [4.69, 9.17) is 0 Å². The number of aromatic nitrogens is 5. The fraction of sp³-hybridized carbons (Fsp3) is 0.500. The van der Waals surface area contributed by atoms with Crippen molar-refractivity contribution >= 4 is 33.3 Å². The van der Waals surface area contributed by atoms with Gasteiger partial charge in [-0.1, -0.05) is 18.7 Å². The first-order valence-corrected chi connectivity index (χ1v) is 10.2. The van der Waals surface area contributed by atoms with Gasteiger partial charge in [0.2, 0.25) is 5.82 Å². The number of thioether (sulfide) groups is 1. The summed E-state index contributed by atoms with van der Waals surface area (Å²) < 4.78 is 39.3. The predicted molar refractivity (Wildman–Crippen MR) is 97.0 cm³/mol. The van der Waals surface area contributed by atoms with Crippen LogP contribution in [0.2, 0.25) is 0 Å². The lowest BCUT2D eigenvalue weighted by molar-refractivity contribution is -0.147. The zero-order valence-corrected chi connectivity index (χ0v) is 16.2. The van der Waals surface area contributed by atoms with Crippen LogP contribution in [0.4, 0.5) is 13.2 Å². The molecule has 27 heavy (non-hydrogen) atoms. The number of aromatic amines is 1. The van der Waals surface area contributed by atoms with E-state index >= 15 is 0 Å². The van der Waals surface area contributed by atoms with E-state index in [9.17, 15) is 18.0 Å². The van der Waals surface area contributed by atoms with Crippen molar-refractivity contribution in [1.29, 1.82) is 0 Å². The van der Waals surface area contributed by atoms with Gasteiger partial charge in [-0.25, -0.2) is 4.98 Å². The molecule has 3 heterocycles. The Balaban J connectivity index is 1.60. The molecule has 144 valence electrons. The number of nitrogens with zero attached hydrogens (tertiary/aromatic N) is 4. The minimum Gasteiger partial charge on any atom is -0.309 e. The van der Waals surface area contributed by atoms with E-state index < -0.39 is 12.0 Å². The van der Waals surface area contributed by atoms with E-state index in [1.54, 1.807) is 11.3 Å². The molecule has 0 bridgehead atoms. The Morgan fingerprint density at radius 1 is 1.37 bits per heavy atom. The number of nitrogens with one attached hydrogen (secondary N) is 1. The number of halogens is 3. The van der Waals surface area contributed by atoms with Crippen LogP contribution < -0.4 is 5.56 Å². The average Bonchev–Trinajstić information content (AvgIpc) is 3.12. The lowest BCUT2D eigenvalue weighted by Crippen LogP contribution is -2.14. The Kier molecular flexibility index (Phi) is 4.53. The van der Waals surface area contributed by atoms with Crippen molar-refractivity contribution in [3.05, 3.63) is 32.4 Å². The van der Waals surface area contributed by atoms with Crippen LogP contribution in [0, 0.1) is 5.92 Å². The Hall–Kier alpha value is -1.88. The van der Waals surface area contributed by atoms with Crippen molar-refractivity contribution in [2.45, 2.75) is 43.3 Å². The number of hydrogen-bond donors (Lipinski definition) is 1. The molecule has 0 spiro atoms. The van der Waals surface area contributed by atoms with E-state index in [1.165, 1.54) is 11.9 Å². The number of rotatable bonds is 3. The summed E-state index contributed by atoms with van der Waals surface area (Å²) in [4.78, 5) is 21.8. The summed E-state index contributed by atoms with van der Waals surface area (Å²) in [6.07, 6.45) is -1.66. The first-order chi connectivity index (χ1) is 12.7. The summed E-state index contributed by atoms with van der Waals surface area (Å²) in [7, 11) is 1.26. The second-order valence-corrected chi connectivity index (χ2v) is 8.72. The minimum atomic E-state index is -4.56. The van der Waals surface area contributed by atoms with Crippen molar-refractivity contribution in [3.63, 3.8) is 0 Å². The van der Waals surface area contributed by atoms with Crippen LogP contribution in [-0.2, 0) is 31.8 Å². The van der Waals surface area contributed by atoms with Gasteiger partial charge >= 0.3 is 6.18 Å². The maximum absolute atomic E-state index is 12.8. The van der Waals surface area contributed by atoms with Gasteiger partial charge in [0.1, 0.15) is 10.7 Å². The van der Waals surface area contributed by atoms with Crippen LogP contribution in [0.1, 0.15) is 35.4 Å². The molecule has 1 unspecified atom stereocenters. The number of fused-ring (bicyclic) bond motifs is 3. The lowest BCUT2D eigenvalue weighted by Gasteiger charge is -2.17. The number of alkyl halides is 3. The molecule has 0 fully saturated rings. The maximum atomic E-state index is 12.8. The van der Waals surface area contributed by atoms with E-state index in [0.29, 0.717) is 22.0 Å². The van der Waals surface area contributed by atoms with Gasteiger partial charge in [-0.3, -0.25) is 4.79 Å². The van der Waals surface area contributed by atoms with Crippen LogP contribution in [0.3, 0.4) is 0 Å². The summed E-state index contributed by atoms with van der Waals surface area (Å²) in [5, 5.41) is 7.55. The third-order valence-electron chi connectivity index (χ3n) is 4.64. The molecule has 1 aliphatic carbocycles. The van der Waals surface area contributed by atoms with Crippen LogP contribution >= 0.6 is 23.1 Å². The van der Waals surface area contributed by atoms with Crippen LogP contribution in [-0.4, -0.2) is 24.7 Å². The van der Waals surface area contributed by atoms with Gasteiger partial charge in [-0.2, -0.15) is 13.2 Å². The third-order valence-corrected chi connectivity index (χ3v) is 6.82. The molecule has 6 nitrogen and oxygen atoms in total. The number of thiophene rings is 1. The largest absolute Gasteiger partial charge is 0.451 e. The Morgan fingerprint density at radius 2 is 2.15 bits per heavy atom. The maximum Gasteiger partial charge on any atom is 0.451 e. The molecule has 4 rings (SSSR count). The summed E-state index contributed by atoms with van der Waals surface area (Å²) >= 11 is 2.59. The molecular weight excluding hydrogens is 399 g/mol. The molecule has 3 aromatic rings. The summed E-state index contributed by atoms with van der Waals surface area (Å²) in [6, 6.07) is 0. The fourth-order valence-corrected chi connectivity index (χ4v) is 5.47. The molecule has 11 heteroatoms. The van der Waals surface area contributed by atoms with Crippen molar-refractivity contribution in [3.8, 4) is 0 Å². The molecule has 3 aromatic heterocycles. The standard InChI is InChI=1S/C16H16F3N5OS2/c1-7-3-4-8-9(5-7)27-13-11(8)12(25)20-10(21-13)6-26-15-23-22-14(24(15)2)16(17,18)19/h7H,3-6H2,1-2H3,(H,20,21,25). The van der Waals surface area contributed by atoms with Crippen molar-refractivity contribution < 1.29 is 13.2 Å². The molecule has 0 saturated carbocycles. The second kappa shape index (κ2) is 6.62. The van der Waals surface area contributed by atoms with Gasteiger partial charge in [-0.05, 0) is 30.7 Å². The second-order valence-electron chi connectivity index (χ2n) is 6.70. The highest BCUT2D eigenvalue weighted by Crippen LogP contribution is 2.36. The quantitative estimate of drug-likeness (QED) is 0.662. The van der Waals surface area contributed by atoms with E-state index in [0.717, 1.165) is 41.2 Å². The van der Waals surface area contributed by atoms with E-state index in [-0.39, 0.29) is 16.5 Å². The van der Waals surface area contributed by atoms with Gasteiger partial charge < -0.3 is 9.55 Å². The molecule has 0 amide bonds. The Morgan fingerprint density at radius 3 is 2.85 bits per heavy atom. The molecule has 0 aliphatic heterocycles. The highest BCUT2D eigenvalue weighted by molar-refractivity contribution is 7.98. The highest BCUT2D eigenvalue weighted by Gasteiger charge is 2.37. The van der Waals surface area contributed by atoms with Gasteiger partial charge in [0.05, 0.1) is 11.1 Å². The summed E-state index contributed by atoms with van der Waals surface area (Å²) in [5.74, 6) is 0.162. The Bertz CT molecular complexity index is 1070. The van der Waals surface area contributed by atoms with Gasteiger partial charge in [0, 0.05) is 11.9 Å². The first-order valence-electron chi connectivity index (χ1n) is 8.37. The minimum absolute atomic E-state index is 0.115. The molecule has 1 N–H and O–H groups in total. The normalized spacial score (nSPS) is 17.4. The first kappa shape index (κ1) is 18.5. The molecule has 0 saturated heterocycles. The molecule has 1 atom stereocenters. The SMILES string of the molecule is CC1CCc2c(sc3nc(CSc4nnc(C(F)(F)F)n4C)[nH]c(=O)c23)C1. The molecule has 1 aliphatic rings. The zero-order valence-electron chi connectivity index (χ0n) is 14.6. The van der Waals surface area contributed by atoms with Crippen molar-refractivity contribution in [2.75, 3.05) is 0 Å². The van der Waals surface area contributed by atoms with Crippen LogP contribution in [0.5, 0.6) is 0 Å². The number of aryl methyl sites for hydroxylation is 1. The van der Waals surface area contributed by atoms with Crippen molar-refractivity contribution in [2.24, 2.45) is 13.0 Å². The van der Waals surface area contributed by atoms with E-state index in [1.807, 2.05) is 0 Å². The smallest absolute Gasteiger partial charge is 0.309 e. The van der Waals surface area contributed by atoms with Gasteiger partial charge in [-0.15, -0.1) is 21.5 Å². The molecular formula is C16H16F3N5OS2. The highest BCUT2D eigenvalue weighted by atomic mass is 32.2. The average molecular weight is 415 g/mol. The Labute approximate surface area is 160 Å². The van der Waals surface area contributed by atoms with Gasteiger partial charge in [0.15, 0.2) is 5.16 Å². The van der Waals surface area contributed by atoms with E-state index in [2.05, 4.69) is 27.1 Å². The number of hydrogen-bond acceptors (Lipinski definition) is 6. The van der Waals surface area contributed by atoms with Crippen molar-refractivity contribution in [1.82, 2.24) is 24.7 Å². The molecule has 0 radical (unpaired) electrons. The molecule has 0 aromatic carbocycles. The fourth-order valence-electron chi connectivity index (χ4n) is 3.28. The van der Waals surface area contributed by atoms with Crippen LogP contribution in [0.15, 0.2) is 9.95 Å². The predicted octanol–water partition coefficient (Wildman–Crippen LogP) is 3.55. The topological polar surface area (TPSA) is 76.5 Å². The zero-order chi connectivity index (χ0) is 19.3.